The number of methoxy groups -OCH3 is 1. The summed E-state index contributed by atoms with van der Waals surface area (Å²) in [5.41, 5.74) is 7.62. The third-order valence-electron chi connectivity index (χ3n) is 3.28. The largest absolute Gasteiger partial charge is 0.495 e. The van der Waals surface area contributed by atoms with Crippen molar-refractivity contribution >= 4 is 5.69 Å². The van der Waals surface area contributed by atoms with Crippen molar-refractivity contribution in [1.82, 2.24) is 0 Å². The molecule has 0 aliphatic heterocycles. The second-order valence-corrected chi connectivity index (χ2v) is 4.62. The molecule has 0 heterocycles. The van der Waals surface area contributed by atoms with E-state index in [-0.39, 0.29) is 12.4 Å². The van der Waals surface area contributed by atoms with Crippen molar-refractivity contribution in [2.24, 2.45) is 5.73 Å². The van der Waals surface area contributed by atoms with E-state index in [1.807, 2.05) is 42.3 Å². The Morgan fingerprint density at radius 2 is 1.80 bits per heavy atom. The predicted molar refractivity (Wildman–Crippen MR) is 79.4 cm³/mol. The summed E-state index contributed by atoms with van der Waals surface area (Å²) in [4.78, 5) is 1.96. The molecule has 3 nitrogen and oxygen atoms in total. The smallest absolute Gasteiger partial charge is 0.142 e. The number of rotatable bonds is 5. The van der Waals surface area contributed by atoms with E-state index in [9.17, 15) is 4.39 Å². The summed E-state index contributed by atoms with van der Waals surface area (Å²) < 4.78 is 19.5. The standard InChI is InChI=1S/C16H19FN2O/c1-19(14-8-3-4-9-15(14)20-2)11-13-7-5-6-12(10-18)16(13)17/h3-9H,10-11,18H2,1-2H3. The SMILES string of the molecule is COc1ccccc1N(C)Cc1cccc(CN)c1F. The molecule has 2 aromatic carbocycles. The van der Waals surface area contributed by atoms with E-state index in [2.05, 4.69) is 0 Å². The van der Waals surface area contributed by atoms with Gasteiger partial charge in [-0.2, -0.15) is 0 Å². The maximum atomic E-state index is 14.2. The first kappa shape index (κ1) is 14.3. The van der Waals surface area contributed by atoms with Crippen molar-refractivity contribution < 1.29 is 9.13 Å². The Bertz CT molecular complexity index is 586. The number of halogens is 1. The molecule has 0 saturated heterocycles. The van der Waals surface area contributed by atoms with Crippen LogP contribution >= 0.6 is 0 Å². The summed E-state index contributed by atoms with van der Waals surface area (Å²) in [5, 5.41) is 0. The van der Waals surface area contributed by atoms with Gasteiger partial charge in [0.2, 0.25) is 0 Å². The van der Waals surface area contributed by atoms with E-state index in [1.165, 1.54) is 0 Å². The molecule has 0 unspecified atom stereocenters. The Morgan fingerprint density at radius 3 is 2.50 bits per heavy atom. The average molecular weight is 274 g/mol. The van der Waals surface area contributed by atoms with E-state index in [4.69, 9.17) is 10.5 Å². The van der Waals surface area contributed by atoms with Crippen LogP contribution in [0.3, 0.4) is 0 Å². The van der Waals surface area contributed by atoms with Gasteiger partial charge in [-0.25, -0.2) is 4.39 Å². The van der Waals surface area contributed by atoms with Crippen LogP contribution < -0.4 is 15.4 Å². The van der Waals surface area contributed by atoms with Crippen LogP contribution in [0.5, 0.6) is 5.75 Å². The minimum Gasteiger partial charge on any atom is -0.495 e. The van der Waals surface area contributed by atoms with Crippen LogP contribution in [0, 0.1) is 5.82 Å². The molecule has 0 radical (unpaired) electrons. The number of para-hydroxylation sites is 2. The molecule has 0 atom stereocenters. The Balaban J connectivity index is 2.26. The van der Waals surface area contributed by atoms with Crippen molar-refractivity contribution in [3.8, 4) is 5.75 Å². The monoisotopic (exact) mass is 274 g/mol. The van der Waals surface area contributed by atoms with Crippen LogP contribution in [0.2, 0.25) is 0 Å². The van der Waals surface area contributed by atoms with E-state index in [1.54, 1.807) is 19.2 Å². The molecule has 0 aliphatic rings. The van der Waals surface area contributed by atoms with Gasteiger partial charge in [-0.15, -0.1) is 0 Å². The highest BCUT2D eigenvalue weighted by atomic mass is 19.1. The summed E-state index contributed by atoms with van der Waals surface area (Å²) in [7, 11) is 3.54. The van der Waals surface area contributed by atoms with Crippen LogP contribution in [-0.4, -0.2) is 14.2 Å². The van der Waals surface area contributed by atoms with Crippen LogP contribution in [0.15, 0.2) is 42.5 Å². The molecule has 4 heteroatoms. The number of anilines is 1. The summed E-state index contributed by atoms with van der Waals surface area (Å²) in [6.45, 7) is 0.665. The zero-order valence-electron chi connectivity index (χ0n) is 11.8. The maximum absolute atomic E-state index is 14.2. The maximum Gasteiger partial charge on any atom is 0.142 e. The molecular formula is C16H19FN2O. The van der Waals surface area contributed by atoms with E-state index in [0.29, 0.717) is 17.7 Å². The lowest BCUT2D eigenvalue weighted by atomic mass is 10.1. The van der Waals surface area contributed by atoms with Gasteiger partial charge in [0.1, 0.15) is 11.6 Å². The van der Waals surface area contributed by atoms with Crippen LogP contribution in [-0.2, 0) is 13.1 Å². The number of hydrogen-bond acceptors (Lipinski definition) is 3. The van der Waals surface area contributed by atoms with E-state index >= 15 is 0 Å². The van der Waals surface area contributed by atoms with Gasteiger partial charge in [-0.05, 0) is 12.1 Å². The molecule has 0 fully saturated rings. The van der Waals surface area contributed by atoms with Crippen molar-refractivity contribution in [3.63, 3.8) is 0 Å². The third kappa shape index (κ3) is 2.91. The van der Waals surface area contributed by atoms with E-state index in [0.717, 1.165) is 11.4 Å². The fraction of sp³-hybridized carbons (Fsp3) is 0.250. The van der Waals surface area contributed by atoms with Crippen molar-refractivity contribution in [2.75, 3.05) is 19.1 Å². The van der Waals surface area contributed by atoms with Gasteiger partial charge in [0.25, 0.3) is 0 Å². The zero-order chi connectivity index (χ0) is 14.5. The highest BCUT2D eigenvalue weighted by Crippen LogP contribution is 2.28. The first-order valence-corrected chi connectivity index (χ1v) is 6.48. The van der Waals surface area contributed by atoms with Crippen LogP contribution in [0.1, 0.15) is 11.1 Å². The molecule has 106 valence electrons. The first-order valence-electron chi connectivity index (χ1n) is 6.48. The lowest BCUT2D eigenvalue weighted by Crippen LogP contribution is -2.18. The number of nitrogens with two attached hydrogens (primary N) is 1. The molecule has 0 aliphatic carbocycles. The summed E-state index contributed by atoms with van der Waals surface area (Å²) in [6.07, 6.45) is 0. The number of benzene rings is 2. The highest BCUT2D eigenvalue weighted by molar-refractivity contribution is 5.58. The van der Waals surface area contributed by atoms with Gasteiger partial charge in [0.05, 0.1) is 12.8 Å². The van der Waals surface area contributed by atoms with Gasteiger partial charge >= 0.3 is 0 Å². The van der Waals surface area contributed by atoms with Gasteiger partial charge in [0.15, 0.2) is 0 Å². The fourth-order valence-electron chi connectivity index (χ4n) is 2.20. The molecule has 2 N–H and O–H groups in total. The van der Waals surface area contributed by atoms with Crippen molar-refractivity contribution in [2.45, 2.75) is 13.1 Å². The molecular weight excluding hydrogens is 255 g/mol. The van der Waals surface area contributed by atoms with Gasteiger partial charge in [0, 0.05) is 31.3 Å². The molecule has 2 rings (SSSR count). The molecule has 0 aromatic heterocycles. The van der Waals surface area contributed by atoms with Crippen molar-refractivity contribution in [1.29, 1.82) is 0 Å². The lowest BCUT2D eigenvalue weighted by Gasteiger charge is -2.22. The van der Waals surface area contributed by atoms with Crippen LogP contribution in [0.25, 0.3) is 0 Å². The molecule has 0 bridgehead atoms. The molecule has 0 amide bonds. The summed E-state index contributed by atoms with van der Waals surface area (Å²) >= 11 is 0. The zero-order valence-corrected chi connectivity index (χ0v) is 11.8. The topological polar surface area (TPSA) is 38.5 Å². The average Bonchev–Trinajstić information content (AvgIpc) is 2.49. The van der Waals surface area contributed by atoms with E-state index < -0.39 is 0 Å². The first-order chi connectivity index (χ1) is 9.67. The lowest BCUT2D eigenvalue weighted by molar-refractivity contribution is 0.414. The molecule has 0 spiro atoms. The Kier molecular flexibility index (Phi) is 4.58. The Labute approximate surface area is 118 Å². The predicted octanol–water partition coefficient (Wildman–Crippen LogP) is 2.93. The number of hydrogen-bond donors (Lipinski definition) is 1. The number of nitrogens with zero attached hydrogens (tertiary/aromatic N) is 1. The Hall–Kier alpha value is -2.07. The van der Waals surface area contributed by atoms with Crippen LogP contribution in [0.4, 0.5) is 10.1 Å². The Morgan fingerprint density at radius 1 is 1.10 bits per heavy atom. The highest BCUT2D eigenvalue weighted by Gasteiger charge is 2.12. The third-order valence-corrected chi connectivity index (χ3v) is 3.28. The van der Waals surface area contributed by atoms with Gasteiger partial charge < -0.3 is 15.4 Å². The fourth-order valence-corrected chi connectivity index (χ4v) is 2.20. The summed E-state index contributed by atoms with van der Waals surface area (Å²) in [6, 6.07) is 13.0. The van der Waals surface area contributed by atoms with Gasteiger partial charge in [-0.1, -0.05) is 30.3 Å². The number of ether oxygens (including phenoxy) is 1. The molecule has 2 aromatic rings. The van der Waals surface area contributed by atoms with Crippen molar-refractivity contribution in [3.05, 3.63) is 59.4 Å². The quantitative estimate of drug-likeness (QED) is 0.911. The minimum absolute atomic E-state index is 0.206. The normalized spacial score (nSPS) is 10.4. The summed E-state index contributed by atoms with van der Waals surface area (Å²) in [5.74, 6) is 0.544. The molecule has 0 saturated carbocycles. The minimum atomic E-state index is -0.225. The second kappa shape index (κ2) is 6.39. The second-order valence-electron chi connectivity index (χ2n) is 4.62. The van der Waals surface area contributed by atoms with Gasteiger partial charge in [-0.3, -0.25) is 0 Å². The molecule has 20 heavy (non-hydrogen) atoms.